The van der Waals surface area contributed by atoms with E-state index in [1.807, 2.05) is 5.38 Å². The van der Waals surface area contributed by atoms with E-state index in [2.05, 4.69) is 4.98 Å². The van der Waals surface area contributed by atoms with E-state index in [1.54, 1.807) is 12.3 Å². The molecule has 0 fully saturated rings. The standard InChI is InChI=1S/C12H13FN2OS/c13-10-1-2-11(9(7-10)3-4-14)16-8-12-15-5-6-17-12/h1-2,5-7H,3-4,8,14H2. The summed E-state index contributed by atoms with van der Waals surface area (Å²) in [5.74, 6) is 0.405. The van der Waals surface area contributed by atoms with Gasteiger partial charge >= 0.3 is 0 Å². The second-order valence-electron chi connectivity index (χ2n) is 3.51. The van der Waals surface area contributed by atoms with E-state index in [9.17, 15) is 4.39 Å². The molecule has 0 unspecified atom stereocenters. The Hall–Kier alpha value is -1.46. The van der Waals surface area contributed by atoms with Crippen molar-refractivity contribution in [1.82, 2.24) is 4.98 Å². The van der Waals surface area contributed by atoms with E-state index in [4.69, 9.17) is 10.5 Å². The van der Waals surface area contributed by atoms with Gasteiger partial charge < -0.3 is 10.5 Å². The smallest absolute Gasteiger partial charge is 0.140 e. The van der Waals surface area contributed by atoms with Crippen molar-refractivity contribution in [3.63, 3.8) is 0 Å². The summed E-state index contributed by atoms with van der Waals surface area (Å²) in [5.41, 5.74) is 6.28. The SMILES string of the molecule is NCCc1cc(F)ccc1OCc1nccs1. The first kappa shape index (κ1) is 12.0. The van der Waals surface area contributed by atoms with Crippen LogP contribution in [0.2, 0.25) is 0 Å². The van der Waals surface area contributed by atoms with Crippen LogP contribution in [-0.4, -0.2) is 11.5 Å². The summed E-state index contributed by atoms with van der Waals surface area (Å²) < 4.78 is 18.7. The number of rotatable bonds is 5. The molecule has 0 saturated heterocycles. The molecule has 1 aromatic heterocycles. The minimum atomic E-state index is -0.268. The number of ether oxygens (including phenoxy) is 1. The Kier molecular flexibility index (Phi) is 4.06. The predicted octanol–water partition coefficient (Wildman–Crippen LogP) is 2.36. The third-order valence-corrected chi connectivity index (χ3v) is 3.02. The fourth-order valence-electron chi connectivity index (χ4n) is 1.50. The molecule has 0 radical (unpaired) electrons. The van der Waals surface area contributed by atoms with Crippen LogP contribution in [0.4, 0.5) is 4.39 Å². The molecular formula is C12H13FN2OS. The Labute approximate surface area is 103 Å². The van der Waals surface area contributed by atoms with E-state index >= 15 is 0 Å². The van der Waals surface area contributed by atoms with Gasteiger partial charge in [0.05, 0.1) is 0 Å². The Bertz CT molecular complexity index is 473. The highest BCUT2D eigenvalue weighted by Crippen LogP contribution is 2.21. The normalized spacial score (nSPS) is 10.5. The minimum Gasteiger partial charge on any atom is -0.486 e. The quantitative estimate of drug-likeness (QED) is 0.888. The van der Waals surface area contributed by atoms with Gasteiger partial charge in [-0.25, -0.2) is 9.37 Å². The van der Waals surface area contributed by atoms with E-state index in [-0.39, 0.29) is 5.82 Å². The van der Waals surface area contributed by atoms with Crippen molar-refractivity contribution in [3.05, 3.63) is 46.2 Å². The molecule has 17 heavy (non-hydrogen) atoms. The van der Waals surface area contributed by atoms with Crippen LogP contribution in [0.5, 0.6) is 5.75 Å². The number of halogens is 1. The fourth-order valence-corrected chi connectivity index (χ4v) is 2.03. The Morgan fingerprint density at radius 1 is 1.41 bits per heavy atom. The van der Waals surface area contributed by atoms with Gasteiger partial charge in [0, 0.05) is 11.6 Å². The molecule has 1 aromatic carbocycles. The Morgan fingerprint density at radius 2 is 2.29 bits per heavy atom. The van der Waals surface area contributed by atoms with E-state index in [1.165, 1.54) is 23.5 Å². The summed E-state index contributed by atoms with van der Waals surface area (Å²) in [7, 11) is 0. The maximum absolute atomic E-state index is 13.1. The average Bonchev–Trinajstić information content (AvgIpc) is 2.81. The molecule has 0 saturated carbocycles. The topological polar surface area (TPSA) is 48.1 Å². The third kappa shape index (κ3) is 3.25. The molecule has 0 spiro atoms. The molecule has 2 rings (SSSR count). The number of aromatic nitrogens is 1. The van der Waals surface area contributed by atoms with Crippen molar-refractivity contribution in [3.8, 4) is 5.75 Å². The number of benzene rings is 1. The summed E-state index contributed by atoms with van der Waals surface area (Å²) in [6, 6.07) is 4.48. The van der Waals surface area contributed by atoms with Crippen molar-refractivity contribution in [1.29, 1.82) is 0 Å². The van der Waals surface area contributed by atoms with Gasteiger partial charge in [0.25, 0.3) is 0 Å². The Balaban J connectivity index is 2.08. The lowest BCUT2D eigenvalue weighted by molar-refractivity contribution is 0.302. The summed E-state index contributed by atoms with van der Waals surface area (Å²) in [6.07, 6.45) is 2.33. The zero-order valence-corrected chi connectivity index (χ0v) is 10.0. The molecule has 0 aliphatic heterocycles. The van der Waals surface area contributed by atoms with Crippen LogP contribution in [0.15, 0.2) is 29.8 Å². The maximum Gasteiger partial charge on any atom is 0.140 e. The minimum absolute atomic E-state index is 0.268. The number of hydrogen-bond donors (Lipinski definition) is 1. The summed E-state index contributed by atoms with van der Waals surface area (Å²) in [6.45, 7) is 0.873. The van der Waals surface area contributed by atoms with Crippen LogP contribution in [-0.2, 0) is 13.0 Å². The van der Waals surface area contributed by atoms with E-state index in [0.717, 1.165) is 10.6 Å². The molecule has 0 aliphatic carbocycles. The first-order valence-corrected chi connectivity index (χ1v) is 6.17. The Morgan fingerprint density at radius 3 is 3.00 bits per heavy atom. The van der Waals surface area contributed by atoms with Gasteiger partial charge in [-0.2, -0.15) is 0 Å². The lowest BCUT2D eigenvalue weighted by Crippen LogP contribution is -2.06. The van der Waals surface area contributed by atoms with Crippen molar-refractivity contribution in [2.75, 3.05) is 6.54 Å². The monoisotopic (exact) mass is 252 g/mol. The van der Waals surface area contributed by atoms with Crippen LogP contribution in [0.1, 0.15) is 10.6 Å². The van der Waals surface area contributed by atoms with Crippen LogP contribution < -0.4 is 10.5 Å². The molecule has 0 aliphatic rings. The van der Waals surface area contributed by atoms with Crippen molar-refractivity contribution < 1.29 is 9.13 Å². The van der Waals surface area contributed by atoms with Gasteiger partial charge in [-0.05, 0) is 36.7 Å². The number of hydrogen-bond acceptors (Lipinski definition) is 4. The molecule has 3 nitrogen and oxygen atoms in total. The second-order valence-corrected chi connectivity index (χ2v) is 4.48. The van der Waals surface area contributed by atoms with Crippen molar-refractivity contribution in [2.24, 2.45) is 5.73 Å². The highest BCUT2D eigenvalue weighted by molar-refractivity contribution is 7.09. The van der Waals surface area contributed by atoms with Gasteiger partial charge in [-0.15, -0.1) is 11.3 Å². The number of thiazole rings is 1. The third-order valence-electron chi connectivity index (χ3n) is 2.27. The first-order chi connectivity index (χ1) is 8.29. The summed E-state index contributed by atoms with van der Waals surface area (Å²) in [4.78, 5) is 4.12. The van der Waals surface area contributed by atoms with Gasteiger partial charge in [0.1, 0.15) is 23.2 Å². The molecule has 2 N–H and O–H groups in total. The molecule has 0 bridgehead atoms. The average molecular weight is 252 g/mol. The van der Waals surface area contributed by atoms with Gasteiger partial charge in [-0.3, -0.25) is 0 Å². The molecule has 90 valence electrons. The van der Waals surface area contributed by atoms with Crippen LogP contribution in [0.25, 0.3) is 0 Å². The largest absolute Gasteiger partial charge is 0.486 e. The van der Waals surface area contributed by atoms with Crippen LogP contribution in [0, 0.1) is 5.82 Å². The predicted molar refractivity (Wildman–Crippen MR) is 65.6 cm³/mol. The highest BCUT2D eigenvalue weighted by Gasteiger charge is 2.06. The van der Waals surface area contributed by atoms with E-state index < -0.39 is 0 Å². The first-order valence-electron chi connectivity index (χ1n) is 5.29. The summed E-state index contributed by atoms with van der Waals surface area (Å²) in [5, 5.41) is 2.79. The second kappa shape index (κ2) is 5.75. The number of nitrogens with two attached hydrogens (primary N) is 1. The molecule has 5 heteroatoms. The lowest BCUT2D eigenvalue weighted by Gasteiger charge is -2.09. The molecular weight excluding hydrogens is 239 g/mol. The van der Waals surface area contributed by atoms with Gasteiger partial charge in [0.2, 0.25) is 0 Å². The number of nitrogens with zero attached hydrogens (tertiary/aromatic N) is 1. The van der Waals surface area contributed by atoms with Crippen molar-refractivity contribution in [2.45, 2.75) is 13.0 Å². The zero-order chi connectivity index (χ0) is 12.1. The lowest BCUT2D eigenvalue weighted by atomic mass is 10.1. The molecule has 1 heterocycles. The fraction of sp³-hybridized carbons (Fsp3) is 0.250. The molecule has 2 aromatic rings. The summed E-state index contributed by atoms with van der Waals surface area (Å²) >= 11 is 1.53. The molecule has 0 amide bonds. The van der Waals surface area contributed by atoms with Crippen LogP contribution in [0.3, 0.4) is 0 Å². The van der Waals surface area contributed by atoms with Gasteiger partial charge in [-0.1, -0.05) is 0 Å². The van der Waals surface area contributed by atoms with Gasteiger partial charge in [0.15, 0.2) is 0 Å². The molecule has 0 atom stereocenters. The van der Waals surface area contributed by atoms with Crippen molar-refractivity contribution >= 4 is 11.3 Å². The van der Waals surface area contributed by atoms with Crippen LogP contribution >= 0.6 is 11.3 Å². The van der Waals surface area contributed by atoms with E-state index in [0.29, 0.717) is 25.3 Å². The zero-order valence-electron chi connectivity index (χ0n) is 9.23. The highest BCUT2D eigenvalue weighted by atomic mass is 32.1. The maximum atomic E-state index is 13.1.